The number of carbonyl (C=O) groups excluding carboxylic acids is 4. The number of rotatable bonds is 16. The Morgan fingerprint density at radius 1 is 0.829 bits per heavy atom. The highest BCUT2D eigenvalue weighted by atomic mass is 35.5. The number of hydrogen-bond acceptors (Lipinski definition) is 5. The van der Waals surface area contributed by atoms with Gasteiger partial charge in [-0.1, -0.05) is 58.5 Å². The number of primary amides is 1. The summed E-state index contributed by atoms with van der Waals surface area (Å²) in [7, 11) is 0. The second-order valence-electron chi connectivity index (χ2n) is 9.55. The Morgan fingerprint density at radius 3 is 1.83 bits per heavy atom. The van der Waals surface area contributed by atoms with E-state index in [0.717, 1.165) is 11.1 Å². The van der Waals surface area contributed by atoms with Crippen LogP contribution < -0.4 is 16.8 Å². The van der Waals surface area contributed by atoms with Gasteiger partial charge in [-0.05, 0) is 74.0 Å². The summed E-state index contributed by atoms with van der Waals surface area (Å²) in [5.41, 5.74) is 12.5. The molecule has 0 spiro atoms. The minimum absolute atomic E-state index is 0.117. The van der Waals surface area contributed by atoms with Crippen LogP contribution >= 0.6 is 46.4 Å². The molecule has 0 bridgehead atoms. The Labute approximate surface area is 260 Å². The third kappa shape index (κ3) is 12.1. The van der Waals surface area contributed by atoms with Gasteiger partial charge in [-0.3, -0.25) is 19.2 Å². The van der Waals surface area contributed by atoms with E-state index in [-0.39, 0.29) is 32.1 Å². The van der Waals surface area contributed by atoms with Crippen molar-refractivity contribution in [2.75, 3.05) is 32.7 Å². The van der Waals surface area contributed by atoms with Crippen LogP contribution in [0.2, 0.25) is 20.1 Å². The maximum Gasteiger partial charge on any atom is 0.245 e. The van der Waals surface area contributed by atoms with Gasteiger partial charge in [0.05, 0.1) is 13.1 Å². The largest absolute Gasteiger partial charge is 0.368 e. The average Bonchev–Trinajstić information content (AvgIpc) is 2.89. The Kier molecular flexibility index (Phi) is 14.7. The van der Waals surface area contributed by atoms with Crippen LogP contribution in [0.15, 0.2) is 36.4 Å². The number of benzene rings is 2. The van der Waals surface area contributed by atoms with Crippen LogP contribution in [0.4, 0.5) is 0 Å². The van der Waals surface area contributed by atoms with E-state index in [1.54, 1.807) is 36.4 Å². The van der Waals surface area contributed by atoms with Gasteiger partial charge in [0, 0.05) is 40.1 Å². The fourth-order valence-corrected chi connectivity index (χ4v) is 5.19. The van der Waals surface area contributed by atoms with Crippen LogP contribution in [0.25, 0.3) is 0 Å². The number of nitrogens with one attached hydrogen (secondary N) is 1. The zero-order valence-corrected chi connectivity index (χ0v) is 25.8. The predicted octanol–water partition coefficient (Wildman–Crippen LogP) is 3.86. The van der Waals surface area contributed by atoms with Crippen LogP contribution in [0, 0.1) is 0 Å². The van der Waals surface area contributed by atoms with E-state index in [0.29, 0.717) is 58.7 Å². The molecule has 5 N–H and O–H groups in total. The Bertz CT molecular complexity index is 1230. The molecule has 41 heavy (non-hydrogen) atoms. The molecule has 0 radical (unpaired) electrons. The number of hydrogen-bond donors (Lipinski definition) is 3. The van der Waals surface area contributed by atoms with E-state index in [1.807, 2.05) is 0 Å². The molecule has 1 atom stereocenters. The van der Waals surface area contributed by atoms with Crippen molar-refractivity contribution in [1.82, 2.24) is 15.1 Å². The van der Waals surface area contributed by atoms with Crippen molar-refractivity contribution < 1.29 is 19.2 Å². The molecule has 2 aromatic rings. The second kappa shape index (κ2) is 17.4. The first-order valence-corrected chi connectivity index (χ1v) is 14.6. The summed E-state index contributed by atoms with van der Waals surface area (Å²) in [4.78, 5) is 53.6. The third-order valence-electron chi connectivity index (χ3n) is 6.29. The summed E-state index contributed by atoms with van der Waals surface area (Å²) in [5.74, 6) is -2.01. The molecular formula is C28H35Cl4N5O4. The van der Waals surface area contributed by atoms with Crippen LogP contribution in [0.1, 0.15) is 37.3 Å². The quantitative estimate of drug-likeness (QED) is 0.238. The average molecular weight is 647 g/mol. The van der Waals surface area contributed by atoms with Crippen LogP contribution in [-0.4, -0.2) is 72.2 Å². The second-order valence-corrected chi connectivity index (χ2v) is 11.2. The lowest BCUT2D eigenvalue weighted by Crippen LogP contribution is -2.52. The number of unbranched alkanes of at least 4 members (excludes halogenated alkanes) is 1. The van der Waals surface area contributed by atoms with E-state index < -0.39 is 23.8 Å². The number of halogens is 4. The molecular weight excluding hydrogens is 612 g/mol. The number of nitrogens with zero attached hydrogens (tertiary/aromatic N) is 2. The highest BCUT2D eigenvalue weighted by molar-refractivity contribution is 6.35. The summed E-state index contributed by atoms with van der Waals surface area (Å²) < 4.78 is 0. The number of nitrogens with two attached hydrogens (primary N) is 2. The van der Waals surface area contributed by atoms with Gasteiger partial charge >= 0.3 is 0 Å². The van der Waals surface area contributed by atoms with E-state index >= 15 is 0 Å². The van der Waals surface area contributed by atoms with Crippen molar-refractivity contribution >= 4 is 70.0 Å². The molecule has 0 aliphatic carbocycles. The smallest absolute Gasteiger partial charge is 0.245 e. The van der Waals surface area contributed by atoms with Crippen molar-refractivity contribution in [3.05, 3.63) is 67.6 Å². The minimum Gasteiger partial charge on any atom is -0.368 e. The van der Waals surface area contributed by atoms with Gasteiger partial charge in [0.15, 0.2) is 0 Å². The lowest BCUT2D eigenvalue weighted by atomic mass is 10.1. The van der Waals surface area contributed by atoms with Crippen LogP contribution in [0.3, 0.4) is 0 Å². The third-order valence-corrected chi connectivity index (χ3v) is 7.47. The summed E-state index contributed by atoms with van der Waals surface area (Å²) in [6.45, 7) is 1.31. The van der Waals surface area contributed by atoms with E-state index in [2.05, 4.69) is 5.32 Å². The van der Waals surface area contributed by atoms with E-state index in [9.17, 15) is 19.2 Å². The molecule has 0 fully saturated rings. The molecule has 0 aliphatic heterocycles. The maximum absolute atomic E-state index is 13.7. The molecule has 0 aromatic heterocycles. The summed E-state index contributed by atoms with van der Waals surface area (Å²) >= 11 is 24.6. The zero-order valence-electron chi connectivity index (χ0n) is 22.8. The fraction of sp³-hybridized carbons (Fsp3) is 0.429. The van der Waals surface area contributed by atoms with Gasteiger partial charge in [-0.2, -0.15) is 0 Å². The first-order valence-electron chi connectivity index (χ1n) is 13.1. The standard InChI is InChI=1S/C28H35Cl4N5O4/c1-18(38)35-25(4-2-3-11-33)28(41)37(13-10-20-6-8-22(30)15-24(20)32)17-27(40)36(16-26(34)39)12-9-19-5-7-21(29)14-23(19)31/h5-8,14-15,25H,2-4,9-13,16-17,33H2,1H3,(H2,34,39)(H,35,38)/t25-/m0/s1. The van der Waals surface area contributed by atoms with Crippen LogP contribution in [0.5, 0.6) is 0 Å². The molecule has 0 saturated carbocycles. The summed E-state index contributed by atoms with van der Waals surface area (Å²) in [6, 6.07) is 9.18. The maximum atomic E-state index is 13.7. The van der Waals surface area contributed by atoms with Gasteiger partial charge in [0.2, 0.25) is 23.6 Å². The molecule has 0 aliphatic rings. The zero-order chi connectivity index (χ0) is 30.5. The van der Waals surface area contributed by atoms with Gasteiger partial charge in [-0.15, -0.1) is 0 Å². The van der Waals surface area contributed by atoms with Gasteiger partial charge in [-0.25, -0.2) is 0 Å². The Balaban J connectivity index is 2.29. The van der Waals surface area contributed by atoms with E-state index in [1.165, 1.54) is 16.7 Å². The molecule has 13 heteroatoms. The lowest BCUT2D eigenvalue weighted by molar-refractivity contribution is -0.143. The van der Waals surface area contributed by atoms with Crippen molar-refractivity contribution in [1.29, 1.82) is 0 Å². The molecule has 0 unspecified atom stereocenters. The van der Waals surface area contributed by atoms with Crippen molar-refractivity contribution in [2.45, 2.75) is 45.1 Å². The molecule has 224 valence electrons. The molecule has 0 heterocycles. The predicted molar refractivity (Wildman–Crippen MR) is 163 cm³/mol. The van der Waals surface area contributed by atoms with Crippen LogP contribution in [-0.2, 0) is 32.0 Å². The van der Waals surface area contributed by atoms with Crippen molar-refractivity contribution in [3.8, 4) is 0 Å². The molecule has 2 aromatic carbocycles. The number of carbonyl (C=O) groups is 4. The highest BCUT2D eigenvalue weighted by Gasteiger charge is 2.28. The Morgan fingerprint density at radius 2 is 1.37 bits per heavy atom. The lowest BCUT2D eigenvalue weighted by Gasteiger charge is -2.30. The Hall–Kier alpha value is -2.56. The monoisotopic (exact) mass is 645 g/mol. The summed E-state index contributed by atoms with van der Waals surface area (Å²) in [6.07, 6.45) is 2.27. The van der Waals surface area contributed by atoms with Gasteiger partial charge in [0.25, 0.3) is 0 Å². The SMILES string of the molecule is CC(=O)N[C@@H](CCCCN)C(=O)N(CCc1ccc(Cl)cc1Cl)CC(=O)N(CCc1ccc(Cl)cc1Cl)CC(N)=O. The minimum atomic E-state index is -0.856. The normalized spacial score (nSPS) is 11.6. The molecule has 0 saturated heterocycles. The van der Waals surface area contributed by atoms with Crippen molar-refractivity contribution in [3.63, 3.8) is 0 Å². The number of amides is 4. The van der Waals surface area contributed by atoms with Gasteiger partial charge < -0.3 is 26.6 Å². The highest BCUT2D eigenvalue weighted by Crippen LogP contribution is 2.23. The summed E-state index contributed by atoms with van der Waals surface area (Å²) in [5, 5.41) is 4.48. The molecule has 9 nitrogen and oxygen atoms in total. The molecule has 4 amide bonds. The fourth-order valence-electron chi connectivity index (χ4n) is 4.19. The topological polar surface area (TPSA) is 139 Å². The first kappa shape index (κ1) is 34.6. The first-order chi connectivity index (χ1) is 19.4. The molecule has 2 rings (SSSR count). The van der Waals surface area contributed by atoms with E-state index in [4.69, 9.17) is 57.9 Å². The van der Waals surface area contributed by atoms with Gasteiger partial charge in [0.1, 0.15) is 6.04 Å². The van der Waals surface area contributed by atoms with Crippen molar-refractivity contribution in [2.24, 2.45) is 11.5 Å².